The van der Waals surface area contributed by atoms with Crippen LogP contribution in [0.4, 0.5) is 5.69 Å². The first-order valence-electron chi connectivity index (χ1n) is 10.1. The van der Waals surface area contributed by atoms with Crippen LogP contribution in [0.25, 0.3) is 16.3 Å². The number of carbonyl (C=O) groups excluding carboxylic acids is 2. The van der Waals surface area contributed by atoms with Crippen molar-refractivity contribution in [2.24, 2.45) is 0 Å². The van der Waals surface area contributed by atoms with Crippen LogP contribution in [0.5, 0.6) is 0 Å². The lowest BCUT2D eigenvalue weighted by atomic mass is 10.1. The van der Waals surface area contributed by atoms with Crippen molar-refractivity contribution in [2.75, 3.05) is 11.9 Å². The van der Waals surface area contributed by atoms with Crippen molar-refractivity contribution in [1.82, 2.24) is 15.1 Å². The summed E-state index contributed by atoms with van der Waals surface area (Å²) in [5.41, 5.74) is 2.76. The molecule has 2 amide bonds. The molecule has 32 heavy (non-hydrogen) atoms. The zero-order chi connectivity index (χ0) is 22.5. The average molecular weight is 465 g/mol. The van der Waals surface area contributed by atoms with E-state index >= 15 is 0 Å². The molecule has 4 aromatic rings. The summed E-state index contributed by atoms with van der Waals surface area (Å²) in [7, 11) is 0. The lowest BCUT2D eigenvalue weighted by molar-refractivity contribution is 0.0953. The molecule has 0 aliphatic carbocycles. The van der Waals surface area contributed by atoms with Crippen LogP contribution in [0.3, 0.4) is 0 Å². The Labute approximate surface area is 194 Å². The Morgan fingerprint density at radius 3 is 2.53 bits per heavy atom. The normalized spacial score (nSPS) is 10.7. The van der Waals surface area contributed by atoms with Crippen molar-refractivity contribution in [3.8, 4) is 16.3 Å². The Bertz CT molecular complexity index is 1240. The maximum absolute atomic E-state index is 13.2. The number of amides is 2. The molecule has 0 radical (unpaired) electrons. The van der Waals surface area contributed by atoms with E-state index in [-0.39, 0.29) is 16.8 Å². The number of hydrogen-bond donors (Lipinski definition) is 2. The molecule has 0 fully saturated rings. The van der Waals surface area contributed by atoms with Crippen molar-refractivity contribution in [1.29, 1.82) is 0 Å². The van der Waals surface area contributed by atoms with Gasteiger partial charge in [-0.2, -0.15) is 5.10 Å². The van der Waals surface area contributed by atoms with Crippen molar-refractivity contribution in [3.05, 3.63) is 88.4 Å². The molecule has 2 aromatic carbocycles. The predicted molar refractivity (Wildman–Crippen MR) is 129 cm³/mol. The highest BCUT2D eigenvalue weighted by Gasteiger charge is 2.20. The molecule has 6 nitrogen and oxygen atoms in total. The Morgan fingerprint density at radius 2 is 1.84 bits per heavy atom. The summed E-state index contributed by atoms with van der Waals surface area (Å²) in [5.74, 6) is -0.548. The van der Waals surface area contributed by atoms with Crippen molar-refractivity contribution in [2.45, 2.75) is 13.3 Å². The molecule has 0 saturated carbocycles. The fraction of sp³-hybridized carbons (Fsp3) is 0.125. The van der Waals surface area contributed by atoms with E-state index in [2.05, 4.69) is 15.7 Å². The van der Waals surface area contributed by atoms with Gasteiger partial charge in [-0.1, -0.05) is 42.8 Å². The van der Waals surface area contributed by atoms with E-state index in [1.807, 2.05) is 54.8 Å². The number of rotatable bonds is 7. The minimum absolute atomic E-state index is 0.237. The van der Waals surface area contributed by atoms with Crippen LogP contribution >= 0.6 is 22.9 Å². The van der Waals surface area contributed by atoms with Gasteiger partial charge in [0, 0.05) is 18.4 Å². The van der Waals surface area contributed by atoms with Gasteiger partial charge in [0.2, 0.25) is 0 Å². The van der Waals surface area contributed by atoms with E-state index in [1.165, 1.54) is 11.3 Å². The smallest absolute Gasteiger partial charge is 0.259 e. The summed E-state index contributed by atoms with van der Waals surface area (Å²) >= 11 is 7.82. The molecule has 0 saturated heterocycles. The second-order valence-corrected chi connectivity index (χ2v) is 8.41. The van der Waals surface area contributed by atoms with Gasteiger partial charge >= 0.3 is 0 Å². The first-order chi connectivity index (χ1) is 15.6. The molecule has 0 bridgehead atoms. The molecule has 0 atom stereocenters. The first kappa shape index (κ1) is 21.8. The average Bonchev–Trinajstić information content (AvgIpc) is 3.48. The third-order valence-electron chi connectivity index (χ3n) is 4.74. The molecule has 2 heterocycles. The molecule has 2 aromatic heterocycles. The van der Waals surface area contributed by atoms with Crippen LogP contribution in [0.15, 0.2) is 72.2 Å². The van der Waals surface area contributed by atoms with Crippen LogP contribution in [-0.4, -0.2) is 28.1 Å². The summed E-state index contributed by atoms with van der Waals surface area (Å²) in [4.78, 5) is 26.3. The van der Waals surface area contributed by atoms with Gasteiger partial charge in [-0.25, -0.2) is 4.68 Å². The van der Waals surface area contributed by atoms with Gasteiger partial charge < -0.3 is 10.6 Å². The maximum atomic E-state index is 13.2. The van der Waals surface area contributed by atoms with Crippen LogP contribution < -0.4 is 10.6 Å². The van der Waals surface area contributed by atoms with Crippen LogP contribution in [0.2, 0.25) is 5.02 Å². The minimum Gasteiger partial charge on any atom is -0.352 e. The largest absolute Gasteiger partial charge is 0.352 e. The standard InChI is InChI=1S/C24H21ClN4O2S/c1-2-12-26-23(30)18-11-10-16(14-20(18)25)27-24(31)19-15-29(17-7-4-3-5-8-17)28-22(19)21-9-6-13-32-21/h3-11,13-15H,2,12H2,1H3,(H,26,30)(H,27,31). The number of benzene rings is 2. The topological polar surface area (TPSA) is 76.0 Å². The van der Waals surface area contributed by atoms with Gasteiger partial charge in [0.05, 0.1) is 26.7 Å². The van der Waals surface area contributed by atoms with Gasteiger partial charge in [0.25, 0.3) is 11.8 Å². The van der Waals surface area contributed by atoms with E-state index in [1.54, 1.807) is 29.1 Å². The summed E-state index contributed by atoms with van der Waals surface area (Å²) < 4.78 is 1.69. The van der Waals surface area contributed by atoms with E-state index < -0.39 is 0 Å². The molecular weight excluding hydrogens is 444 g/mol. The molecular formula is C24H21ClN4O2S. The monoisotopic (exact) mass is 464 g/mol. The van der Waals surface area contributed by atoms with Crippen LogP contribution in [0.1, 0.15) is 34.1 Å². The lowest BCUT2D eigenvalue weighted by Crippen LogP contribution is -2.24. The Morgan fingerprint density at radius 1 is 1.03 bits per heavy atom. The maximum Gasteiger partial charge on any atom is 0.259 e. The molecule has 4 rings (SSSR count). The number of para-hydroxylation sites is 1. The number of aromatic nitrogens is 2. The van der Waals surface area contributed by atoms with Crippen molar-refractivity contribution < 1.29 is 9.59 Å². The lowest BCUT2D eigenvalue weighted by Gasteiger charge is -2.09. The fourth-order valence-corrected chi connectivity index (χ4v) is 4.15. The second kappa shape index (κ2) is 9.80. The van der Waals surface area contributed by atoms with Crippen molar-refractivity contribution in [3.63, 3.8) is 0 Å². The highest BCUT2D eigenvalue weighted by molar-refractivity contribution is 7.13. The number of anilines is 1. The highest BCUT2D eigenvalue weighted by Crippen LogP contribution is 2.29. The minimum atomic E-state index is -0.310. The molecule has 0 aliphatic heterocycles. The number of hydrogen-bond acceptors (Lipinski definition) is 4. The third-order valence-corrected chi connectivity index (χ3v) is 5.93. The van der Waals surface area contributed by atoms with Gasteiger partial charge in [-0.05, 0) is 48.2 Å². The number of halogens is 1. The Hall–Kier alpha value is -3.42. The zero-order valence-corrected chi connectivity index (χ0v) is 18.9. The number of nitrogens with one attached hydrogen (secondary N) is 2. The Kier molecular flexibility index (Phi) is 6.68. The van der Waals surface area contributed by atoms with Gasteiger partial charge in [-0.15, -0.1) is 11.3 Å². The molecule has 0 aliphatic rings. The third kappa shape index (κ3) is 4.74. The fourth-order valence-electron chi connectivity index (χ4n) is 3.16. The van der Waals surface area contributed by atoms with Crippen LogP contribution in [-0.2, 0) is 0 Å². The summed E-state index contributed by atoms with van der Waals surface area (Å²) in [6.07, 6.45) is 2.55. The summed E-state index contributed by atoms with van der Waals surface area (Å²) in [6.45, 7) is 2.55. The van der Waals surface area contributed by atoms with E-state index in [0.29, 0.717) is 29.1 Å². The van der Waals surface area contributed by atoms with E-state index in [0.717, 1.165) is 17.0 Å². The van der Waals surface area contributed by atoms with Crippen LogP contribution in [0, 0.1) is 0 Å². The quantitative estimate of drug-likeness (QED) is 0.371. The summed E-state index contributed by atoms with van der Waals surface area (Å²) in [5, 5.41) is 12.5. The van der Waals surface area contributed by atoms with Gasteiger partial charge in [0.1, 0.15) is 5.69 Å². The molecule has 0 spiro atoms. The van der Waals surface area contributed by atoms with Crippen molar-refractivity contribution >= 4 is 40.4 Å². The number of carbonyl (C=O) groups is 2. The van der Waals surface area contributed by atoms with E-state index in [4.69, 9.17) is 11.6 Å². The molecule has 2 N–H and O–H groups in total. The van der Waals surface area contributed by atoms with Gasteiger partial charge in [0.15, 0.2) is 0 Å². The molecule has 0 unspecified atom stereocenters. The SMILES string of the molecule is CCCNC(=O)c1ccc(NC(=O)c2cn(-c3ccccc3)nc2-c2cccs2)cc1Cl. The first-order valence-corrected chi connectivity index (χ1v) is 11.4. The Balaban J connectivity index is 1.61. The number of thiophene rings is 1. The zero-order valence-electron chi connectivity index (χ0n) is 17.3. The van der Waals surface area contributed by atoms with E-state index in [9.17, 15) is 9.59 Å². The highest BCUT2D eigenvalue weighted by atomic mass is 35.5. The predicted octanol–water partition coefficient (Wildman–Crippen LogP) is 5.65. The van der Waals surface area contributed by atoms with Gasteiger partial charge in [-0.3, -0.25) is 9.59 Å². The molecule has 162 valence electrons. The second-order valence-electron chi connectivity index (χ2n) is 7.05. The number of nitrogens with zero attached hydrogens (tertiary/aromatic N) is 2. The molecule has 8 heteroatoms. The summed E-state index contributed by atoms with van der Waals surface area (Å²) in [6, 6.07) is 18.3.